The summed E-state index contributed by atoms with van der Waals surface area (Å²) in [4.78, 5) is 0. The lowest BCUT2D eigenvalue weighted by Crippen LogP contribution is -2.28. The standard InChI is InChI=1S/C8H18NO/c1-4-5-7(2)6-9-8(3)10/h7-9H,4-6H2,1-3H3. The van der Waals surface area contributed by atoms with Gasteiger partial charge in [-0.05, 0) is 19.3 Å². The van der Waals surface area contributed by atoms with E-state index in [4.69, 9.17) is 0 Å². The molecule has 2 heteroatoms. The number of hydrogen-bond donors (Lipinski definition) is 1. The van der Waals surface area contributed by atoms with Crippen molar-refractivity contribution in [3.05, 3.63) is 0 Å². The van der Waals surface area contributed by atoms with Gasteiger partial charge in [0.15, 0.2) is 0 Å². The number of hydrogen-bond acceptors (Lipinski definition) is 1. The van der Waals surface area contributed by atoms with Crippen molar-refractivity contribution in [1.29, 1.82) is 0 Å². The minimum Gasteiger partial charge on any atom is -0.289 e. The highest BCUT2D eigenvalue weighted by Gasteiger charge is 2.01. The summed E-state index contributed by atoms with van der Waals surface area (Å²) in [5.74, 6) is 0.640. The molecular formula is C8H18NO. The zero-order valence-corrected chi connectivity index (χ0v) is 7.18. The fraction of sp³-hybridized carbons (Fsp3) is 1.00. The van der Waals surface area contributed by atoms with Gasteiger partial charge in [0.05, 0.1) is 0 Å². The first-order chi connectivity index (χ1) is 4.66. The maximum absolute atomic E-state index is 10.5. The molecule has 1 N–H and O–H groups in total. The molecule has 0 fully saturated rings. The highest BCUT2D eigenvalue weighted by molar-refractivity contribution is 4.55. The van der Waals surface area contributed by atoms with Gasteiger partial charge < -0.3 is 0 Å². The lowest BCUT2D eigenvalue weighted by molar-refractivity contribution is 0.0714. The molecule has 0 heterocycles. The first-order valence-electron chi connectivity index (χ1n) is 4.06. The third-order valence-corrected chi connectivity index (χ3v) is 1.54. The Morgan fingerprint density at radius 3 is 2.40 bits per heavy atom. The van der Waals surface area contributed by atoms with Crippen LogP contribution >= 0.6 is 0 Å². The molecule has 61 valence electrons. The van der Waals surface area contributed by atoms with Crippen molar-refractivity contribution < 1.29 is 5.11 Å². The van der Waals surface area contributed by atoms with Crippen LogP contribution in [0.2, 0.25) is 0 Å². The SMILES string of the molecule is CCCC(C)CNC(C)[O]. The van der Waals surface area contributed by atoms with E-state index in [-0.39, 0.29) is 0 Å². The van der Waals surface area contributed by atoms with Crippen molar-refractivity contribution in [2.24, 2.45) is 5.92 Å². The first kappa shape index (κ1) is 9.92. The minimum absolute atomic E-state index is 0.612. The third-order valence-electron chi connectivity index (χ3n) is 1.54. The van der Waals surface area contributed by atoms with Crippen molar-refractivity contribution in [1.82, 2.24) is 5.32 Å². The van der Waals surface area contributed by atoms with E-state index in [1.807, 2.05) is 0 Å². The maximum Gasteiger partial charge on any atom is 0.140 e. The van der Waals surface area contributed by atoms with E-state index >= 15 is 0 Å². The Morgan fingerprint density at radius 2 is 2.00 bits per heavy atom. The first-order valence-corrected chi connectivity index (χ1v) is 4.06. The molecule has 0 spiro atoms. The zero-order valence-electron chi connectivity index (χ0n) is 7.18. The van der Waals surface area contributed by atoms with E-state index in [1.165, 1.54) is 12.8 Å². The molecule has 10 heavy (non-hydrogen) atoms. The molecule has 0 aliphatic carbocycles. The molecule has 0 aliphatic heterocycles. The molecule has 0 amide bonds. The van der Waals surface area contributed by atoms with Crippen LogP contribution in [0.1, 0.15) is 33.6 Å². The van der Waals surface area contributed by atoms with Gasteiger partial charge >= 0.3 is 0 Å². The van der Waals surface area contributed by atoms with E-state index in [9.17, 15) is 5.11 Å². The quantitative estimate of drug-likeness (QED) is 0.586. The van der Waals surface area contributed by atoms with Gasteiger partial charge in [0, 0.05) is 6.54 Å². The largest absolute Gasteiger partial charge is 0.289 e. The molecular weight excluding hydrogens is 126 g/mol. The second-order valence-electron chi connectivity index (χ2n) is 2.94. The van der Waals surface area contributed by atoms with Crippen molar-refractivity contribution in [3.8, 4) is 0 Å². The molecule has 2 nitrogen and oxygen atoms in total. The summed E-state index contributed by atoms with van der Waals surface area (Å²) < 4.78 is 0. The van der Waals surface area contributed by atoms with Crippen LogP contribution in [0, 0.1) is 5.92 Å². The molecule has 2 atom stereocenters. The molecule has 0 saturated heterocycles. The molecule has 0 aliphatic rings. The number of rotatable bonds is 5. The molecule has 0 aromatic carbocycles. The van der Waals surface area contributed by atoms with Gasteiger partial charge in [-0.3, -0.25) is 5.32 Å². The molecule has 0 aromatic heterocycles. The Kier molecular flexibility index (Phi) is 5.64. The van der Waals surface area contributed by atoms with Crippen LogP contribution in [0.15, 0.2) is 0 Å². The van der Waals surface area contributed by atoms with Crippen molar-refractivity contribution in [2.45, 2.75) is 39.8 Å². The molecule has 2 unspecified atom stereocenters. The van der Waals surface area contributed by atoms with Gasteiger partial charge in [-0.15, -0.1) is 0 Å². The summed E-state index contributed by atoms with van der Waals surface area (Å²) in [5, 5.41) is 13.4. The van der Waals surface area contributed by atoms with Crippen LogP contribution in [0.5, 0.6) is 0 Å². The lowest BCUT2D eigenvalue weighted by Gasteiger charge is -2.11. The lowest BCUT2D eigenvalue weighted by atomic mass is 10.1. The Labute approximate surface area is 63.6 Å². The monoisotopic (exact) mass is 144 g/mol. The summed E-state index contributed by atoms with van der Waals surface area (Å²) in [6, 6.07) is 0. The summed E-state index contributed by atoms with van der Waals surface area (Å²) >= 11 is 0. The van der Waals surface area contributed by atoms with E-state index in [1.54, 1.807) is 6.92 Å². The van der Waals surface area contributed by atoms with Crippen molar-refractivity contribution in [2.75, 3.05) is 6.54 Å². The van der Waals surface area contributed by atoms with Gasteiger partial charge in [0.1, 0.15) is 6.23 Å². The van der Waals surface area contributed by atoms with E-state index in [2.05, 4.69) is 19.2 Å². The second kappa shape index (κ2) is 5.69. The van der Waals surface area contributed by atoms with Crippen LogP contribution in [0.25, 0.3) is 0 Å². The average molecular weight is 144 g/mol. The summed E-state index contributed by atoms with van der Waals surface area (Å²) in [6.07, 6.45) is 1.80. The Morgan fingerprint density at radius 1 is 1.40 bits per heavy atom. The molecule has 0 rings (SSSR count). The van der Waals surface area contributed by atoms with Crippen molar-refractivity contribution in [3.63, 3.8) is 0 Å². The normalized spacial score (nSPS) is 16.8. The topological polar surface area (TPSA) is 31.9 Å². The molecule has 1 radical (unpaired) electrons. The third kappa shape index (κ3) is 6.05. The smallest absolute Gasteiger partial charge is 0.140 e. The Hall–Kier alpha value is -0.0800. The van der Waals surface area contributed by atoms with Gasteiger partial charge in [-0.1, -0.05) is 20.3 Å². The second-order valence-corrected chi connectivity index (χ2v) is 2.94. The highest BCUT2D eigenvalue weighted by atomic mass is 16.3. The van der Waals surface area contributed by atoms with E-state index < -0.39 is 6.23 Å². The summed E-state index contributed by atoms with van der Waals surface area (Å²) in [6.45, 7) is 6.83. The fourth-order valence-corrected chi connectivity index (χ4v) is 0.962. The van der Waals surface area contributed by atoms with Crippen LogP contribution in [-0.2, 0) is 5.11 Å². The van der Waals surface area contributed by atoms with Crippen LogP contribution in [-0.4, -0.2) is 12.8 Å². The summed E-state index contributed by atoms with van der Waals surface area (Å²) in [7, 11) is 0. The van der Waals surface area contributed by atoms with Crippen LogP contribution in [0.4, 0.5) is 0 Å². The van der Waals surface area contributed by atoms with Crippen LogP contribution < -0.4 is 5.32 Å². The predicted molar refractivity (Wildman–Crippen MR) is 42.2 cm³/mol. The zero-order chi connectivity index (χ0) is 7.98. The molecule has 0 bridgehead atoms. The van der Waals surface area contributed by atoms with Gasteiger partial charge in [-0.25, -0.2) is 5.11 Å². The van der Waals surface area contributed by atoms with Crippen molar-refractivity contribution >= 4 is 0 Å². The molecule has 0 saturated carbocycles. The molecule has 0 aromatic rings. The Balaban J connectivity index is 3.12. The van der Waals surface area contributed by atoms with Gasteiger partial charge in [-0.2, -0.15) is 0 Å². The maximum atomic E-state index is 10.5. The van der Waals surface area contributed by atoms with E-state index in [0.717, 1.165) is 6.54 Å². The summed E-state index contributed by atoms with van der Waals surface area (Å²) in [5.41, 5.74) is 0. The van der Waals surface area contributed by atoms with Gasteiger partial charge in [0.25, 0.3) is 0 Å². The van der Waals surface area contributed by atoms with Gasteiger partial charge in [0.2, 0.25) is 0 Å². The Bertz CT molecular complexity index is 73.7. The fourth-order valence-electron chi connectivity index (χ4n) is 0.962. The average Bonchev–Trinajstić information content (AvgIpc) is 1.85. The number of nitrogens with one attached hydrogen (secondary N) is 1. The highest BCUT2D eigenvalue weighted by Crippen LogP contribution is 2.02. The van der Waals surface area contributed by atoms with Crippen LogP contribution in [0.3, 0.4) is 0 Å². The van der Waals surface area contributed by atoms with E-state index in [0.29, 0.717) is 5.92 Å². The minimum atomic E-state index is -0.612. The predicted octanol–water partition coefficient (Wildman–Crippen LogP) is 1.79.